The van der Waals surface area contributed by atoms with Crippen LogP contribution >= 0.6 is 11.6 Å². The summed E-state index contributed by atoms with van der Waals surface area (Å²) >= 11 is 6.23. The van der Waals surface area contributed by atoms with Crippen LogP contribution in [0.15, 0.2) is 16.7 Å². The fourth-order valence-corrected chi connectivity index (χ4v) is 2.37. The van der Waals surface area contributed by atoms with Gasteiger partial charge in [0.05, 0.1) is 30.9 Å². The molecule has 0 spiro atoms. The third-order valence-corrected chi connectivity index (χ3v) is 3.21. The van der Waals surface area contributed by atoms with Gasteiger partial charge in [0, 0.05) is 18.6 Å². The molecular formula is C13H13ClN2O4. The monoisotopic (exact) mass is 296 g/mol. The van der Waals surface area contributed by atoms with Crippen LogP contribution in [0.25, 0.3) is 11.3 Å². The Balaban J connectivity index is 2.26. The van der Waals surface area contributed by atoms with E-state index in [1.54, 1.807) is 12.1 Å². The number of halogens is 1. The first-order valence-corrected chi connectivity index (χ1v) is 6.47. The number of nitrogens with zero attached hydrogens (tertiary/aromatic N) is 1. The molecule has 7 heteroatoms. The molecule has 106 valence electrons. The van der Waals surface area contributed by atoms with Crippen molar-refractivity contribution in [1.29, 1.82) is 0 Å². The van der Waals surface area contributed by atoms with Gasteiger partial charge in [-0.05, 0) is 0 Å². The van der Waals surface area contributed by atoms with Crippen molar-refractivity contribution in [1.82, 2.24) is 5.16 Å². The zero-order chi connectivity index (χ0) is 14.1. The summed E-state index contributed by atoms with van der Waals surface area (Å²) < 4.78 is 21.7. The smallest absolute Gasteiger partial charge is 0.222 e. The summed E-state index contributed by atoms with van der Waals surface area (Å²) in [5.74, 6) is 1.75. The Labute approximate surface area is 120 Å². The molecule has 0 unspecified atom stereocenters. The van der Waals surface area contributed by atoms with Gasteiger partial charge in [0.1, 0.15) is 5.69 Å². The Hall–Kier alpha value is -2.08. The highest BCUT2D eigenvalue weighted by Crippen LogP contribution is 2.49. The topological polar surface area (TPSA) is 79.7 Å². The van der Waals surface area contributed by atoms with Crippen LogP contribution in [0, 0.1) is 0 Å². The highest BCUT2D eigenvalue weighted by molar-refractivity contribution is 6.33. The number of benzene rings is 1. The fraction of sp³-hybridized carbons (Fsp3) is 0.308. The number of hydrogen-bond acceptors (Lipinski definition) is 6. The summed E-state index contributed by atoms with van der Waals surface area (Å²) in [6.45, 7) is 1.11. The van der Waals surface area contributed by atoms with E-state index in [4.69, 9.17) is 36.1 Å². The van der Waals surface area contributed by atoms with Crippen LogP contribution < -0.4 is 19.9 Å². The van der Waals surface area contributed by atoms with Crippen molar-refractivity contribution in [2.45, 2.75) is 6.42 Å². The van der Waals surface area contributed by atoms with E-state index in [0.29, 0.717) is 46.7 Å². The minimum atomic E-state index is 0.199. The number of rotatable bonds is 2. The second-order valence-corrected chi connectivity index (χ2v) is 4.67. The zero-order valence-electron chi connectivity index (χ0n) is 10.8. The number of aromatic nitrogens is 1. The lowest BCUT2D eigenvalue weighted by Gasteiger charge is -2.15. The van der Waals surface area contributed by atoms with Gasteiger partial charge in [-0.15, -0.1) is 0 Å². The summed E-state index contributed by atoms with van der Waals surface area (Å²) in [6.07, 6.45) is 0.787. The van der Waals surface area contributed by atoms with Gasteiger partial charge in [-0.2, -0.15) is 0 Å². The van der Waals surface area contributed by atoms with Crippen molar-refractivity contribution >= 4 is 17.5 Å². The van der Waals surface area contributed by atoms with Gasteiger partial charge < -0.3 is 24.5 Å². The molecule has 1 aromatic carbocycles. The summed E-state index contributed by atoms with van der Waals surface area (Å²) in [4.78, 5) is 0. The van der Waals surface area contributed by atoms with Gasteiger partial charge >= 0.3 is 0 Å². The van der Waals surface area contributed by atoms with Crippen molar-refractivity contribution in [3.8, 4) is 28.5 Å². The maximum atomic E-state index is 6.23. The maximum absolute atomic E-state index is 6.23. The minimum Gasteiger partial charge on any atom is -0.494 e. The van der Waals surface area contributed by atoms with Gasteiger partial charge in [-0.1, -0.05) is 16.8 Å². The Morgan fingerprint density at radius 3 is 2.80 bits per heavy atom. The Morgan fingerprint density at radius 1 is 1.30 bits per heavy atom. The fourth-order valence-electron chi connectivity index (χ4n) is 2.10. The molecule has 20 heavy (non-hydrogen) atoms. The molecule has 0 amide bonds. The Kier molecular flexibility index (Phi) is 3.31. The molecule has 2 N–H and O–H groups in total. The van der Waals surface area contributed by atoms with Crippen LogP contribution in [0.3, 0.4) is 0 Å². The molecule has 2 heterocycles. The SMILES string of the molecule is COc1c(Cl)cc2c(c1-c1cc(N)on1)OCCCO2. The van der Waals surface area contributed by atoms with Crippen LogP contribution in [-0.2, 0) is 0 Å². The van der Waals surface area contributed by atoms with Gasteiger partial charge in [-0.3, -0.25) is 0 Å². The zero-order valence-corrected chi connectivity index (χ0v) is 11.6. The lowest BCUT2D eigenvalue weighted by atomic mass is 10.1. The standard InChI is InChI=1S/C13H13ClN2O4/c1-17-12-7(14)5-9-13(19-4-2-3-18-9)11(12)8-6-10(15)20-16-8/h5-6H,2-4,15H2,1H3. The lowest BCUT2D eigenvalue weighted by Crippen LogP contribution is -1.99. The average Bonchev–Trinajstić information content (AvgIpc) is 2.72. The summed E-state index contributed by atoms with van der Waals surface area (Å²) in [6, 6.07) is 3.26. The quantitative estimate of drug-likeness (QED) is 0.918. The number of anilines is 1. The van der Waals surface area contributed by atoms with E-state index in [1.807, 2.05) is 0 Å². The van der Waals surface area contributed by atoms with Crippen LogP contribution in [0.2, 0.25) is 5.02 Å². The van der Waals surface area contributed by atoms with E-state index in [9.17, 15) is 0 Å². The van der Waals surface area contributed by atoms with Crippen molar-refractivity contribution < 1.29 is 18.7 Å². The summed E-state index contributed by atoms with van der Waals surface area (Å²) in [7, 11) is 1.53. The number of methoxy groups -OCH3 is 1. The second-order valence-electron chi connectivity index (χ2n) is 4.26. The number of nitrogens with two attached hydrogens (primary N) is 1. The van der Waals surface area contributed by atoms with E-state index in [2.05, 4.69) is 5.16 Å². The molecule has 0 bridgehead atoms. The molecule has 0 fully saturated rings. The molecule has 0 radical (unpaired) electrons. The lowest BCUT2D eigenvalue weighted by molar-refractivity contribution is 0.297. The minimum absolute atomic E-state index is 0.199. The molecule has 3 rings (SSSR count). The molecule has 1 aliphatic rings. The molecule has 2 aromatic rings. The third kappa shape index (κ3) is 2.12. The molecule has 0 aliphatic carbocycles. The van der Waals surface area contributed by atoms with Crippen LogP contribution in [-0.4, -0.2) is 25.5 Å². The summed E-state index contributed by atoms with van der Waals surface area (Å²) in [5.41, 5.74) is 6.65. The average molecular weight is 297 g/mol. The van der Waals surface area contributed by atoms with E-state index < -0.39 is 0 Å². The molecule has 0 saturated carbocycles. The molecule has 1 aromatic heterocycles. The first-order valence-electron chi connectivity index (χ1n) is 6.09. The molecule has 1 aliphatic heterocycles. The predicted octanol–water partition coefficient (Wildman–Crippen LogP) is 2.75. The van der Waals surface area contributed by atoms with E-state index in [-0.39, 0.29) is 5.88 Å². The van der Waals surface area contributed by atoms with Gasteiger partial charge in [0.15, 0.2) is 17.2 Å². The van der Waals surface area contributed by atoms with Crippen LogP contribution in [0.4, 0.5) is 5.88 Å². The molecule has 6 nitrogen and oxygen atoms in total. The van der Waals surface area contributed by atoms with Crippen LogP contribution in [0.1, 0.15) is 6.42 Å². The number of fused-ring (bicyclic) bond motifs is 1. The van der Waals surface area contributed by atoms with Crippen molar-refractivity contribution in [3.63, 3.8) is 0 Å². The second kappa shape index (κ2) is 5.13. The van der Waals surface area contributed by atoms with E-state index in [0.717, 1.165) is 6.42 Å². The number of hydrogen-bond donors (Lipinski definition) is 1. The normalized spacial score (nSPS) is 13.9. The van der Waals surface area contributed by atoms with Gasteiger partial charge in [0.25, 0.3) is 0 Å². The molecule has 0 saturated heterocycles. The van der Waals surface area contributed by atoms with Crippen LogP contribution in [0.5, 0.6) is 17.2 Å². The first-order chi connectivity index (χ1) is 9.70. The van der Waals surface area contributed by atoms with Crippen molar-refractivity contribution in [3.05, 3.63) is 17.2 Å². The molecule has 0 atom stereocenters. The third-order valence-electron chi connectivity index (χ3n) is 2.93. The Morgan fingerprint density at radius 2 is 2.10 bits per heavy atom. The maximum Gasteiger partial charge on any atom is 0.222 e. The summed E-state index contributed by atoms with van der Waals surface area (Å²) in [5, 5.41) is 4.31. The highest BCUT2D eigenvalue weighted by atomic mass is 35.5. The highest BCUT2D eigenvalue weighted by Gasteiger charge is 2.25. The van der Waals surface area contributed by atoms with Crippen molar-refractivity contribution in [2.75, 3.05) is 26.1 Å². The van der Waals surface area contributed by atoms with Gasteiger partial charge in [-0.25, -0.2) is 0 Å². The van der Waals surface area contributed by atoms with E-state index in [1.165, 1.54) is 7.11 Å². The first kappa shape index (κ1) is 12.9. The molecular weight excluding hydrogens is 284 g/mol. The van der Waals surface area contributed by atoms with Gasteiger partial charge in [0.2, 0.25) is 5.88 Å². The largest absolute Gasteiger partial charge is 0.494 e. The predicted molar refractivity (Wildman–Crippen MR) is 73.5 cm³/mol. The van der Waals surface area contributed by atoms with E-state index >= 15 is 0 Å². The number of nitrogen functional groups attached to an aromatic ring is 1. The van der Waals surface area contributed by atoms with Crippen molar-refractivity contribution in [2.24, 2.45) is 0 Å². The number of ether oxygens (including phenoxy) is 3. The Bertz CT molecular complexity index is 642.